The Balaban J connectivity index is 1.93. The van der Waals surface area contributed by atoms with Crippen LogP contribution in [0, 0.1) is 0 Å². The summed E-state index contributed by atoms with van der Waals surface area (Å²) >= 11 is 3.30. The van der Waals surface area contributed by atoms with Gasteiger partial charge in [0, 0.05) is 18.6 Å². The van der Waals surface area contributed by atoms with Crippen LogP contribution in [0.2, 0.25) is 0 Å². The minimum Gasteiger partial charge on any atom is -0.271 e. The zero-order valence-corrected chi connectivity index (χ0v) is 8.55. The fourth-order valence-electron chi connectivity index (χ4n) is 1.10. The van der Waals surface area contributed by atoms with Gasteiger partial charge in [0.2, 0.25) is 0 Å². The number of nitrogens with zero attached hydrogens (tertiary/aromatic N) is 4. The third-order valence-corrected chi connectivity index (χ3v) is 2.15. The summed E-state index contributed by atoms with van der Waals surface area (Å²) in [4.78, 5) is 0. The molecule has 0 aliphatic rings. The smallest absolute Gasteiger partial charge is 0.128 e. The van der Waals surface area contributed by atoms with Gasteiger partial charge in [-0.2, -0.15) is 10.2 Å². The maximum atomic E-state index is 4.20. The van der Waals surface area contributed by atoms with Crippen LogP contribution in [0.4, 0.5) is 0 Å². The average molecular weight is 241 g/mol. The minimum absolute atomic E-state index is 0.841. The van der Waals surface area contributed by atoms with Gasteiger partial charge in [-0.25, -0.2) is 0 Å². The molecule has 13 heavy (non-hydrogen) atoms. The summed E-state index contributed by atoms with van der Waals surface area (Å²) in [5.74, 6) is 0. The van der Waals surface area contributed by atoms with Crippen molar-refractivity contribution in [2.45, 2.75) is 13.1 Å². The first-order valence-corrected chi connectivity index (χ1v) is 4.80. The van der Waals surface area contributed by atoms with E-state index in [0.29, 0.717) is 0 Å². The molecule has 0 radical (unpaired) electrons. The van der Waals surface area contributed by atoms with E-state index in [-0.39, 0.29) is 0 Å². The second-order valence-corrected chi connectivity index (χ2v) is 3.48. The third-order valence-electron chi connectivity index (χ3n) is 1.73. The molecule has 68 valence electrons. The van der Waals surface area contributed by atoms with Crippen LogP contribution in [0.5, 0.6) is 0 Å². The van der Waals surface area contributed by atoms with E-state index in [9.17, 15) is 0 Å². The highest BCUT2D eigenvalue weighted by atomic mass is 79.9. The third kappa shape index (κ3) is 2.18. The Hall–Kier alpha value is -1.10. The Morgan fingerprint density at radius 1 is 1.23 bits per heavy atom. The van der Waals surface area contributed by atoms with Gasteiger partial charge in [-0.1, -0.05) is 0 Å². The van der Waals surface area contributed by atoms with Crippen molar-refractivity contribution in [2.24, 2.45) is 0 Å². The number of hydrogen-bond donors (Lipinski definition) is 0. The van der Waals surface area contributed by atoms with Crippen molar-refractivity contribution in [3.05, 3.63) is 35.3 Å². The molecule has 0 fully saturated rings. The lowest BCUT2D eigenvalue weighted by atomic mass is 10.6. The molecule has 0 unspecified atom stereocenters. The van der Waals surface area contributed by atoms with Crippen molar-refractivity contribution in [1.82, 2.24) is 19.6 Å². The van der Waals surface area contributed by atoms with Crippen molar-refractivity contribution in [1.29, 1.82) is 0 Å². The second-order valence-electron chi connectivity index (χ2n) is 2.67. The molecule has 4 nitrogen and oxygen atoms in total. The number of aryl methyl sites for hydroxylation is 2. The van der Waals surface area contributed by atoms with Crippen LogP contribution in [-0.2, 0) is 13.1 Å². The Kier molecular flexibility index (Phi) is 2.44. The van der Waals surface area contributed by atoms with Gasteiger partial charge in [-0.05, 0) is 28.1 Å². The van der Waals surface area contributed by atoms with Crippen LogP contribution in [0.15, 0.2) is 35.3 Å². The fourth-order valence-corrected chi connectivity index (χ4v) is 1.42. The lowest BCUT2D eigenvalue weighted by Gasteiger charge is -2.00. The Bertz CT molecular complexity index is 365. The van der Waals surface area contributed by atoms with Gasteiger partial charge in [0.15, 0.2) is 0 Å². The molecule has 2 heterocycles. The van der Waals surface area contributed by atoms with Crippen LogP contribution in [0.25, 0.3) is 0 Å². The average Bonchev–Trinajstić information content (AvgIpc) is 2.71. The molecule has 2 aromatic heterocycles. The normalized spacial score (nSPS) is 10.5. The number of hydrogen-bond acceptors (Lipinski definition) is 2. The van der Waals surface area contributed by atoms with Gasteiger partial charge in [0.25, 0.3) is 0 Å². The van der Waals surface area contributed by atoms with E-state index in [1.807, 2.05) is 33.9 Å². The first kappa shape index (κ1) is 8.50. The molecule has 0 spiro atoms. The molecule has 2 aromatic rings. The molecule has 0 amide bonds. The molecule has 0 saturated heterocycles. The predicted octanol–water partition coefficient (Wildman–Crippen LogP) is 1.54. The Morgan fingerprint density at radius 2 is 2.08 bits per heavy atom. The SMILES string of the molecule is Brc1ccn(CCn2cccn2)n1. The Morgan fingerprint density at radius 3 is 2.69 bits per heavy atom. The minimum atomic E-state index is 0.841. The molecular weight excluding hydrogens is 232 g/mol. The number of rotatable bonds is 3. The molecule has 0 N–H and O–H groups in total. The van der Waals surface area contributed by atoms with E-state index in [2.05, 4.69) is 26.1 Å². The Labute approximate surface area is 84.3 Å². The quantitative estimate of drug-likeness (QED) is 0.817. The van der Waals surface area contributed by atoms with E-state index in [1.54, 1.807) is 6.20 Å². The molecular formula is C8H9BrN4. The number of aromatic nitrogens is 4. The standard InChI is InChI=1S/C8H9BrN4/c9-8-2-5-13(11-8)7-6-12-4-1-3-10-12/h1-5H,6-7H2. The van der Waals surface area contributed by atoms with Crippen LogP contribution >= 0.6 is 15.9 Å². The molecule has 0 saturated carbocycles. The van der Waals surface area contributed by atoms with Crippen molar-refractivity contribution in [2.75, 3.05) is 0 Å². The summed E-state index contributed by atoms with van der Waals surface area (Å²) in [6.45, 7) is 1.69. The highest BCUT2D eigenvalue weighted by molar-refractivity contribution is 9.10. The van der Waals surface area contributed by atoms with E-state index in [0.717, 1.165) is 17.7 Å². The van der Waals surface area contributed by atoms with Crippen molar-refractivity contribution in [3.8, 4) is 0 Å². The van der Waals surface area contributed by atoms with Crippen molar-refractivity contribution in [3.63, 3.8) is 0 Å². The topological polar surface area (TPSA) is 35.6 Å². The lowest BCUT2D eigenvalue weighted by Crippen LogP contribution is -2.07. The molecule has 0 aliphatic heterocycles. The van der Waals surface area contributed by atoms with Crippen LogP contribution in [0.1, 0.15) is 0 Å². The van der Waals surface area contributed by atoms with E-state index < -0.39 is 0 Å². The fraction of sp³-hybridized carbons (Fsp3) is 0.250. The summed E-state index contributed by atoms with van der Waals surface area (Å²) < 4.78 is 4.63. The summed E-state index contributed by atoms with van der Waals surface area (Å²) in [5, 5.41) is 8.30. The van der Waals surface area contributed by atoms with Gasteiger partial charge in [0.1, 0.15) is 4.60 Å². The lowest BCUT2D eigenvalue weighted by molar-refractivity contribution is 0.498. The maximum Gasteiger partial charge on any atom is 0.128 e. The highest BCUT2D eigenvalue weighted by Crippen LogP contribution is 2.03. The van der Waals surface area contributed by atoms with Crippen molar-refractivity contribution >= 4 is 15.9 Å². The summed E-state index contributed by atoms with van der Waals surface area (Å²) in [6, 6.07) is 3.84. The van der Waals surface area contributed by atoms with Crippen molar-refractivity contribution < 1.29 is 0 Å². The van der Waals surface area contributed by atoms with Gasteiger partial charge < -0.3 is 0 Å². The number of halogens is 1. The molecule has 0 bridgehead atoms. The van der Waals surface area contributed by atoms with Crippen LogP contribution in [0.3, 0.4) is 0 Å². The second kappa shape index (κ2) is 3.74. The van der Waals surface area contributed by atoms with E-state index in [1.165, 1.54) is 0 Å². The highest BCUT2D eigenvalue weighted by Gasteiger charge is 1.95. The molecule has 5 heteroatoms. The van der Waals surface area contributed by atoms with Gasteiger partial charge in [-0.15, -0.1) is 0 Å². The zero-order valence-electron chi connectivity index (χ0n) is 6.97. The van der Waals surface area contributed by atoms with Gasteiger partial charge >= 0.3 is 0 Å². The zero-order chi connectivity index (χ0) is 9.10. The van der Waals surface area contributed by atoms with Crippen LogP contribution in [-0.4, -0.2) is 19.6 Å². The molecule has 2 rings (SSSR count). The molecule has 0 aromatic carbocycles. The molecule has 0 aliphatic carbocycles. The first-order chi connectivity index (χ1) is 6.34. The monoisotopic (exact) mass is 240 g/mol. The largest absolute Gasteiger partial charge is 0.271 e. The predicted molar refractivity (Wildman–Crippen MR) is 52.2 cm³/mol. The summed E-state index contributed by atoms with van der Waals surface area (Å²) in [7, 11) is 0. The summed E-state index contributed by atoms with van der Waals surface area (Å²) in [5.41, 5.74) is 0. The maximum absolute atomic E-state index is 4.20. The molecule has 0 atom stereocenters. The van der Waals surface area contributed by atoms with E-state index in [4.69, 9.17) is 0 Å². The van der Waals surface area contributed by atoms with Gasteiger partial charge in [-0.3, -0.25) is 9.36 Å². The van der Waals surface area contributed by atoms with E-state index >= 15 is 0 Å². The van der Waals surface area contributed by atoms with Crippen LogP contribution < -0.4 is 0 Å². The first-order valence-electron chi connectivity index (χ1n) is 4.01. The van der Waals surface area contributed by atoms with Gasteiger partial charge in [0.05, 0.1) is 13.1 Å². The summed E-state index contributed by atoms with van der Waals surface area (Å²) in [6.07, 6.45) is 5.66.